The SMILES string of the molecule is CCCC1CCC(c2cc(N)c3c(c2O)C(=O)c2c(N)cc(C4CCC(CCC)CC4)c(O)c2C3=O)CC1. The van der Waals surface area contributed by atoms with Crippen LogP contribution in [0, 0.1) is 11.8 Å². The van der Waals surface area contributed by atoms with E-state index in [-0.39, 0.29) is 57.0 Å². The van der Waals surface area contributed by atoms with E-state index in [1.807, 2.05) is 0 Å². The summed E-state index contributed by atoms with van der Waals surface area (Å²) in [6.45, 7) is 4.40. The number of rotatable bonds is 6. The zero-order valence-electron chi connectivity index (χ0n) is 22.8. The van der Waals surface area contributed by atoms with E-state index >= 15 is 0 Å². The van der Waals surface area contributed by atoms with E-state index in [1.54, 1.807) is 12.1 Å². The number of benzene rings is 2. The van der Waals surface area contributed by atoms with Gasteiger partial charge in [0.25, 0.3) is 0 Å². The molecule has 0 atom stereocenters. The van der Waals surface area contributed by atoms with Crippen molar-refractivity contribution in [1.82, 2.24) is 0 Å². The summed E-state index contributed by atoms with van der Waals surface area (Å²) in [7, 11) is 0. The van der Waals surface area contributed by atoms with Crippen molar-refractivity contribution in [1.29, 1.82) is 0 Å². The Morgan fingerprint density at radius 3 is 1.29 bits per heavy atom. The van der Waals surface area contributed by atoms with Crippen molar-refractivity contribution in [3.8, 4) is 11.5 Å². The summed E-state index contributed by atoms with van der Waals surface area (Å²) < 4.78 is 0. The van der Waals surface area contributed by atoms with Gasteiger partial charge in [0.2, 0.25) is 11.6 Å². The summed E-state index contributed by atoms with van der Waals surface area (Å²) in [5, 5.41) is 22.7. The van der Waals surface area contributed by atoms with E-state index in [1.165, 1.54) is 25.7 Å². The van der Waals surface area contributed by atoms with Crippen molar-refractivity contribution in [2.75, 3.05) is 11.5 Å². The maximum absolute atomic E-state index is 13.8. The molecule has 3 aliphatic carbocycles. The molecule has 204 valence electrons. The van der Waals surface area contributed by atoms with Gasteiger partial charge >= 0.3 is 0 Å². The average molecular weight is 519 g/mol. The number of aromatic hydroxyl groups is 2. The zero-order valence-corrected chi connectivity index (χ0v) is 22.8. The molecule has 38 heavy (non-hydrogen) atoms. The highest BCUT2D eigenvalue weighted by Gasteiger charge is 2.41. The lowest BCUT2D eigenvalue weighted by molar-refractivity contribution is 0.0975. The fourth-order valence-electron chi connectivity index (χ4n) is 7.57. The topological polar surface area (TPSA) is 127 Å². The molecule has 2 saturated carbocycles. The number of hydrogen-bond acceptors (Lipinski definition) is 6. The Morgan fingerprint density at radius 2 is 0.974 bits per heavy atom. The van der Waals surface area contributed by atoms with Crippen LogP contribution < -0.4 is 11.5 Å². The van der Waals surface area contributed by atoms with E-state index in [9.17, 15) is 19.8 Å². The van der Waals surface area contributed by atoms with Crippen LogP contribution in [0.15, 0.2) is 12.1 Å². The molecule has 6 N–H and O–H groups in total. The fraction of sp³-hybridized carbons (Fsp3) is 0.562. The zero-order chi connectivity index (χ0) is 27.1. The Bertz CT molecular complexity index is 1150. The Morgan fingerprint density at radius 1 is 0.632 bits per heavy atom. The molecule has 0 amide bonds. The second kappa shape index (κ2) is 10.6. The largest absolute Gasteiger partial charge is 0.507 e. The van der Waals surface area contributed by atoms with Gasteiger partial charge in [-0.1, -0.05) is 39.5 Å². The minimum Gasteiger partial charge on any atom is -0.507 e. The van der Waals surface area contributed by atoms with Crippen LogP contribution >= 0.6 is 0 Å². The molecule has 3 aliphatic rings. The van der Waals surface area contributed by atoms with Crippen LogP contribution in [0.4, 0.5) is 11.4 Å². The molecular weight excluding hydrogens is 476 g/mol. The Labute approximate surface area is 225 Å². The third kappa shape index (κ3) is 4.46. The second-order valence-electron chi connectivity index (χ2n) is 12.0. The third-order valence-electron chi connectivity index (χ3n) is 9.60. The smallest absolute Gasteiger partial charge is 0.200 e. The molecule has 2 aromatic rings. The average Bonchev–Trinajstić information content (AvgIpc) is 2.90. The number of hydrogen-bond donors (Lipinski definition) is 4. The van der Waals surface area contributed by atoms with E-state index in [2.05, 4.69) is 13.8 Å². The standard InChI is InChI=1S/C32H42N2O4/c1-3-5-17-7-11-19(12-8-17)21-15-23(33)25-27(29(21)35)31(37)26-24(34)16-22(30(36)28(26)32(25)38)20-13-9-18(6-4-2)10-14-20/h15-20,35-36H,3-14,33-34H2,1-2H3. The molecule has 6 heteroatoms. The van der Waals surface area contributed by atoms with Gasteiger partial charge in [-0.05, 0) is 98.3 Å². The minimum absolute atomic E-state index is 0.0121. The van der Waals surface area contributed by atoms with Gasteiger partial charge in [-0.2, -0.15) is 0 Å². The number of ketones is 2. The number of phenols is 2. The molecule has 0 heterocycles. The lowest BCUT2D eigenvalue weighted by Gasteiger charge is -2.32. The van der Waals surface area contributed by atoms with E-state index < -0.39 is 11.6 Å². The Hall–Kier alpha value is -3.02. The molecule has 5 rings (SSSR count). The second-order valence-corrected chi connectivity index (χ2v) is 12.0. The van der Waals surface area contributed by atoms with Crippen LogP contribution in [-0.4, -0.2) is 21.8 Å². The van der Waals surface area contributed by atoms with E-state index in [0.717, 1.165) is 51.4 Å². The van der Waals surface area contributed by atoms with Crippen molar-refractivity contribution in [3.63, 3.8) is 0 Å². The van der Waals surface area contributed by atoms with E-state index in [0.29, 0.717) is 23.0 Å². The molecular formula is C32H42N2O4. The van der Waals surface area contributed by atoms with Gasteiger partial charge in [0.05, 0.1) is 22.3 Å². The first-order chi connectivity index (χ1) is 18.3. The first-order valence-electron chi connectivity index (χ1n) is 14.7. The van der Waals surface area contributed by atoms with Gasteiger partial charge in [0.1, 0.15) is 11.5 Å². The summed E-state index contributed by atoms with van der Waals surface area (Å²) in [6.07, 6.45) is 12.7. The highest BCUT2D eigenvalue weighted by molar-refractivity contribution is 6.33. The predicted octanol–water partition coefficient (Wildman–Crippen LogP) is 7.19. The molecule has 2 fully saturated rings. The number of carbonyl (C=O) groups excluding carboxylic acids is 2. The fourth-order valence-corrected chi connectivity index (χ4v) is 7.57. The number of nitrogen functional groups attached to an aromatic ring is 2. The molecule has 6 nitrogen and oxygen atoms in total. The normalized spacial score (nSPS) is 25.2. The van der Waals surface area contributed by atoms with Crippen LogP contribution in [0.2, 0.25) is 0 Å². The van der Waals surface area contributed by atoms with Gasteiger partial charge in [-0.15, -0.1) is 0 Å². The van der Waals surface area contributed by atoms with Crippen LogP contribution in [0.1, 0.15) is 146 Å². The maximum Gasteiger partial charge on any atom is 0.200 e. The molecule has 0 radical (unpaired) electrons. The van der Waals surface area contributed by atoms with Crippen LogP contribution in [0.5, 0.6) is 11.5 Å². The first kappa shape index (κ1) is 26.6. The molecule has 0 unspecified atom stereocenters. The first-order valence-corrected chi connectivity index (χ1v) is 14.7. The minimum atomic E-state index is -0.536. The van der Waals surface area contributed by atoms with Crippen LogP contribution in [0.25, 0.3) is 0 Å². The highest BCUT2D eigenvalue weighted by atomic mass is 16.3. The lowest BCUT2D eigenvalue weighted by Crippen LogP contribution is -2.26. The third-order valence-corrected chi connectivity index (χ3v) is 9.60. The molecule has 0 aromatic heterocycles. The predicted molar refractivity (Wildman–Crippen MR) is 151 cm³/mol. The highest BCUT2D eigenvalue weighted by Crippen LogP contribution is 2.50. The summed E-state index contributed by atoms with van der Waals surface area (Å²) in [5.74, 6) is 0.192. The monoisotopic (exact) mass is 518 g/mol. The Balaban J connectivity index is 1.51. The van der Waals surface area contributed by atoms with Crippen molar-refractivity contribution < 1.29 is 19.8 Å². The Kier molecular flexibility index (Phi) is 7.43. The van der Waals surface area contributed by atoms with Gasteiger partial charge in [-0.3, -0.25) is 9.59 Å². The van der Waals surface area contributed by atoms with Gasteiger partial charge in [-0.25, -0.2) is 0 Å². The van der Waals surface area contributed by atoms with Crippen LogP contribution in [0.3, 0.4) is 0 Å². The van der Waals surface area contributed by atoms with Crippen molar-refractivity contribution in [2.24, 2.45) is 11.8 Å². The molecule has 0 aliphatic heterocycles. The molecule has 0 bridgehead atoms. The maximum atomic E-state index is 13.8. The number of anilines is 2. The summed E-state index contributed by atoms with van der Waals surface area (Å²) in [5.41, 5.74) is 14.3. The molecule has 0 saturated heterocycles. The van der Waals surface area contributed by atoms with Crippen molar-refractivity contribution in [3.05, 3.63) is 45.5 Å². The molecule has 0 spiro atoms. The van der Waals surface area contributed by atoms with Gasteiger partial charge in [0.15, 0.2) is 0 Å². The number of carbonyl (C=O) groups is 2. The number of phenolic OH excluding ortho intramolecular Hbond substituents is 2. The van der Waals surface area contributed by atoms with Gasteiger partial charge < -0.3 is 21.7 Å². The summed E-state index contributed by atoms with van der Waals surface area (Å²) in [6, 6.07) is 3.35. The molecule has 2 aromatic carbocycles. The number of nitrogens with two attached hydrogens (primary N) is 2. The van der Waals surface area contributed by atoms with Crippen molar-refractivity contribution in [2.45, 2.75) is 103 Å². The van der Waals surface area contributed by atoms with E-state index in [4.69, 9.17) is 11.5 Å². The van der Waals surface area contributed by atoms with Crippen LogP contribution in [-0.2, 0) is 0 Å². The lowest BCUT2D eigenvalue weighted by atomic mass is 9.73. The number of fused-ring (bicyclic) bond motifs is 2. The van der Waals surface area contributed by atoms with Crippen molar-refractivity contribution >= 4 is 22.9 Å². The van der Waals surface area contributed by atoms with Gasteiger partial charge in [0, 0.05) is 11.4 Å². The summed E-state index contributed by atoms with van der Waals surface area (Å²) >= 11 is 0. The summed E-state index contributed by atoms with van der Waals surface area (Å²) in [4.78, 5) is 27.6. The quantitative estimate of drug-likeness (QED) is 0.202.